The molecule has 5 heteroatoms. The second-order valence-electron chi connectivity index (χ2n) is 4.61. The van der Waals surface area contributed by atoms with Crippen LogP contribution in [0.4, 0.5) is 5.69 Å². The van der Waals surface area contributed by atoms with Gasteiger partial charge in [0.05, 0.1) is 6.33 Å². The van der Waals surface area contributed by atoms with E-state index in [1.165, 1.54) is 0 Å². The summed E-state index contributed by atoms with van der Waals surface area (Å²) in [7, 11) is 0. The molecule has 0 aliphatic carbocycles. The smallest absolute Gasteiger partial charge is 0.224 e. The molecule has 100 valence electrons. The van der Waals surface area contributed by atoms with E-state index in [0.717, 1.165) is 11.4 Å². The van der Waals surface area contributed by atoms with Crippen molar-refractivity contribution in [1.82, 2.24) is 9.55 Å². The monoisotopic (exact) mass is 258 g/mol. The molecule has 2 aromatic rings. The molecule has 19 heavy (non-hydrogen) atoms. The molecule has 3 N–H and O–H groups in total. The lowest BCUT2D eigenvalue weighted by Gasteiger charge is -2.10. The van der Waals surface area contributed by atoms with E-state index in [2.05, 4.69) is 10.3 Å². The van der Waals surface area contributed by atoms with Crippen LogP contribution in [0.2, 0.25) is 0 Å². The minimum absolute atomic E-state index is 0.0132. The van der Waals surface area contributed by atoms with Gasteiger partial charge >= 0.3 is 0 Å². The third-order valence-corrected chi connectivity index (χ3v) is 2.87. The van der Waals surface area contributed by atoms with Gasteiger partial charge in [-0.05, 0) is 30.7 Å². The molecule has 0 bridgehead atoms. The highest BCUT2D eigenvalue weighted by molar-refractivity contribution is 5.91. The number of nitrogens with one attached hydrogen (secondary N) is 1. The molecule has 1 amide bonds. The van der Waals surface area contributed by atoms with Crippen LogP contribution in [0, 0.1) is 5.92 Å². The average Bonchev–Trinajstić information content (AvgIpc) is 2.92. The number of nitrogens with two attached hydrogens (primary N) is 1. The van der Waals surface area contributed by atoms with Crippen molar-refractivity contribution in [2.45, 2.75) is 13.3 Å². The quantitative estimate of drug-likeness (QED) is 0.858. The van der Waals surface area contributed by atoms with E-state index in [4.69, 9.17) is 5.73 Å². The van der Waals surface area contributed by atoms with Crippen LogP contribution in [0.25, 0.3) is 5.69 Å². The molecule has 1 heterocycles. The van der Waals surface area contributed by atoms with Crippen molar-refractivity contribution in [2.75, 3.05) is 11.9 Å². The number of amides is 1. The van der Waals surface area contributed by atoms with Gasteiger partial charge in [0.15, 0.2) is 0 Å². The van der Waals surface area contributed by atoms with Gasteiger partial charge in [-0.1, -0.05) is 13.0 Å². The number of hydrogen-bond acceptors (Lipinski definition) is 3. The largest absolute Gasteiger partial charge is 0.330 e. The summed E-state index contributed by atoms with van der Waals surface area (Å²) in [6.45, 7) is 2.48. The number of benzene rings is 1. The number of hydrogen-bond donors (Lipinski definition) is 2. The summed E-state index contributed by atoms with van der Waals surface area (Å²) in [5.41, 5.74) is 7.25. The number of rotatable bonds is 5. The molecule has 0 aliphatic heterocycles. The Morgan fingerprint density at radius 3 is 3.05 bits per heavy atom. The number of imidazole rings is 1. The van der Waals surface area contributed by atoms with Gasteiger partial charge in [-0.3, -0.25) is 4.79 Å². The summed E-state index contributed by atoms with van der Waals surface area (Å²) in [6, 6.07) is 7.63. The zero-order chi connectivity index (χ0) is 13.7. The third-order valence-electron chi connectivity index (χ3n) is 2.87. The van der Waals surface area contributed by atoms with Crippen molar-refractivity contribution >= 4 is 11.6 Å². The first-order chi connectivity index (χ1) is 9.19. The van der Waals surface area contributed by atoms with Crippen LogP contribution in [-0.2, 0) is 4.79 Å². The fraction of sp³-hybridized carbons (Fsp3) is 0.286. The highest BCUT2D eigenvalue weighted by Gasteiger charge is 2.08. The van der Waals surface area contributed by atoms with Gasteiger partial charge in [0, 0.05) is 30.2 Å². The fourth-order valence-electron chi connectivity index (χ4n) is 1.77. The van der Waals surface area contributed by atoms with Crippen molar-refractivity contribution < 1.29 is 4.79 Å². The summed E-state index contributed by atoms with van der Waals surface area (Å²) in [5.74, 6) is 0.178. The van der Waals surface area contributed by atoms with Crippen LogP contribution in [0.15, 0.2) is 43.0 Å². The standard InChI is InChI=1S/C14H18N4O/c1-11(9-15)7-14(19)17-12-3-2-4-13(8-12)18-6-5-16-10-18/h2-6,8,10-11H,7,9,15H2,1H3,(H,17,19). The maximum Gasteiger partial charge on any atom is 0.224 e. The van der Waals surface area contributed by atoms with Crippen molar-refractivity contribution in [2.24, 2.45) is 11.7 Å². The second-order valence-corrected chi connectivity index (χ2v) is 4.61. The highest BCUT2D eigenvalue weighted by atomic mass is 16.1. The van der Waals surface area contributed by atoms with Gasteiger partial charge in [-0.2, -0.15) is 0 Å². The van der Waals surface area contributed by atoms with Crippen molar-refractivity contribution in [1.29, 1.82) is 0 Å². The fourth-order valence-corrected chi connectivity index (χ4v) is 1.77. The van der Waals surface area contributed by atoms with Gasteiger partial charge in [0.1, 0.15) is 0 Å². The molecule has 2 rings (SSSR count). The summed E-state index contributed by atoms with van der Waals surface area (Å²) in [5, 5.41) is 2.88. The van der Waals surface area contributed by atoms with Crippen LogP contribution >= 0.6 is 0 Å². The lowest BCUT2D eigenvalue weighted by Crippen LogP contribution is -2.20. The van der Waals surface area contributed by atoms with Crippen LogP contribution < -0.4 is 11.1 Å². The Labute approximate surface area is 112 Å². The highest BCUT2D eigenvalue weighted by Crippen LogP contribution is 2.15. The zero-order valence-corrected chi connectivity index (χ0v) is 10.9. The predicted molar refractivity (Wildman–Crippen MR) is 75.0 cm³/mol. The van der Waals surface area contributed by atoms with Crippen molar-refractivity contribution in [3.05, 3.63) is 43.0 Å². The van der Waals surface area contributed by atoms with Gasteiger partial charge in [-0.25, -0.2) is 4.98 Å². The predicted octanol–water partition coefficient (Wildman–Crippen LogP) is 1.80. The van der Waals surface area contributed by atoms with E-state index in [0.29, 0.717) is 13.0 Å². The Hall–Kier alpha value is -2.14. The first-order valence-electron chi connectivity index (χ1n) is 6.27. The van der Waals surface area contributed by atoms with E-state index >= 15 is 0 Å². The van der Waals surface area contributed by atoms with Crippen molar-refractivity contribution in [3.8, 4) is 5.69 Å². The van der Waals surface area contributed by atoms with Gasteiger partial charge in [0.25, 0.3) is 0 Å². The Bertz CT molecular complexity index is 536. The molecular formula is C14H18N4O. The maximum atomic E-state index is 11.8. The lowest BCUT2D eigenvalue weighted by molar-refractivity contribution is -0.116. The van der Waals surface area contributed by atoms with E-state index in [1.807, 2.05) is 42.0 Å². The molecular weight excluding hydrogens is 240 g/mol. The molecule has 0 saturated carbocycles. The van der Waals surface area contributed by atoms with Crippen LogP contribution in [-0.4, -0.2) is 22.0 Å². The Kier molecular flexibility index (Phi) is 4.30. The van der Waals surface area contributed by atoms with Gasteiger partial charge in [0.2, 0.25) is 5.91 Å². The molecule has 1 atom stereocenters. The number of carbonyl (C=O) groups is 1. The summed E-state index contributed by atoms with van der Waals surface area (Å²) in [4.78, 5) is 15.8. The molecule has 0 radical (unpaired) electrons. The molecule has 1 aromatic heterocycles. The topological polar surface area (TPSA) is 72.9 Å². The Morgan fingerprint density at radius 1 is 1.53 bits per heavy atom. The lowest BCUT2D eigenvalue weighted by atomic mass is 10.1. The minimum atomic E-state index is -0.0132. The van der Waals surface area contributed by atoms with Crippen LogP contribution in [0.1, 0.15) is 13.3 Å². The summed E-state index contributed by atoms with van der Waals surface area (Å²) in [6.07, 6.45) is 5.73. The number of carbonyl (C=O) groups excluding carboxylic acids is 1. The molecule has 0 fully saturated rings. The Morgan fingerprint density at radius 2 is 2.37 bits per heavy atom. The normalized spacial score (nSPS) is 12.1. The second kappa shape index (κ2) is 6.15. The van der Waals surface area contributed by atoms with E-state index in [9.17, 15) is 4.79 Å². The average molecular weight is 258 g/mol. The Balaban J connectivity index is 2.05. The molecule has 5 nitrogen and oxygen atoms in total. The maximum absolute atomic E-state index is 11.8. The minimum Gasteiger partial charge on any atom is -0.330 e. The van der Waals surface area contributed by atoms with E-state index in [-0.39, 0.29) is 11.8 Å². The van der Waals surface area contributed by atoms with Crippen molar-refractivity contribution in [3.63, 3.8) is 0 Å². The molecule has 1 unspecified atom stereocenters. The van der Waals surface area contributed by atoms with Crippen LogP contribution in [0.5, 0.6) is 0 Å². The van der Waals surface area contributed by atoms with Crippen LogP contribution in [0.3, 0.4) is 0 Å². The molecule has 1 aromatic carbocycles. The SMILES string of the molecule is CC(CN)CC(=O)Nc1cccc(-n2ccnc2)c1. The van der Waals surface area contributed by atoms with Gasteiger partial charge < -0.3 is 15.6 Å². The van der Waals surface area contributed by atoms with E-state index < -0.39 is 0 Å². The van der Waals surface area contributed by atoms with Gasteiger partial charge in [-0.15, -0.1) is 0 Å². The first-order valence-corrected chi connectivity index (χ1v) is 6.27. The molecule has 0 spiro atoms. The zero-order valence-electron chi connectivity index (χ0n) is 10.9. The van der Waals surface area contributed by atoms with E-state index in [1.54, 1.807) is 12.5 Å². The first kappa shape index (κ1) is 13.3. The molecule has 0 aliphatic rings. The molecule has 0 saturated heterocycles. The third kappa shape index (κ3) is 3.66. The summed E-state index contributed by atoms with van der Waals surface area (Å²) >= 11 is 0. The number of anilines is 1. The summed E-state index contributed by atoms with van der Waals surface area (Å²) < 4.78 is 1.89. The number of aromatic nitrogens is 2. The number of nitrogens with zero attached hydrogens (tertiary/aromatic N) is 2.